The maximum Gasteiger partial charge on any atom is -0.0162 e. The number of hydrogen-bond donors (Lipinski definition) is 0. The molecule has 0 nitrogen and oxygen atoms in total. The van der Waals surface area contributed by atoms with Crippen LogP contribution in [0.4, 0.5) is 0 Å². The van der Waals surface area contributed by atoms with Crippen LogP contribution in [0.2, 0.25) is 0 Å². The predicted molar refractivity (Wildman–Crippen MR) is 61.0 cm³/mol. The van der Waals surface area contributed by atoms with Crippen LogP contribution in [0.3, 0.4) is 0 Å². The van der Waals surface area contributed by atoms with Crippen LogP contribution >= 0.6 is 22.6 Å². The summed E-state index contributed by atoms with van der Waals surface area (Å²) in [5, 5.41) is 0. The molecule has 0 aromatic heterocycles. The van der Waals surface area contributed by atoms with E-state index in [1.807, 2.05) is 0 Å². The van der Waals surface area contributed by atoms with Gasteiger partial charge < -0.3 is 0 Å². The molecule has 0 fully saturated rings. The van der Waals surface area contributed by atoms with Crippen LogP contribution in [-0.4, -0.2) is 0 Å². The quantitative estimate of drug-likeness (QED) is 0.662. The fourth-order valence-corrected chi connectivity index (χ4v) is 1.81. The van der Waals surface area contributed by atoms with Crippen molar-refractivity contribution in [2.45, 2.75) is 40.5 Å². The first kappa shape index (κ1) is 11.5. The molecule has 0 unspecified atom stereocenters. The summed E-state index contributed by atoms with van der Waals surface area (Å²) < 4.78 is 1.41. The average molecular weight is 266 g/mol. The predicted octanol–water partition coefficient (Wildman–Crippen LogP) is 4.40. The molecule has 0 saturated heterocycles. The monoisotopic (exact) mass is 266 g/mol. The van der Waals surface area contributed by atoms with Gasteiger partial charge in [-0.3, -0.25) is 0 Å². The molecule has 0 saturated carbocycles. The molecule has 0 rings (SSSR count). The Bertz CT molecular complexity index is 123. The Labute approximate surface area is 84.6 Å². The molecule has 0 aliphatic carbocycles. The van der Waals surface area contributed by atoms with E-state index in [-0.39, 0.29) is 0 Å². The van der Waals surface area contributed by atoms with Crippen molar-refractivity contribution in [1.29, 1.82) is 0 Å². The third-order valence-corrected chi connectivity index (χ3v) is 2.49. The van der Waals surface area contributed by atoms with Crippen molar-refractivity contribution >= 4 is 22.6 Å². The molecule has 66 valence electrons. The van der Waals surface area contributed by atoms with Crippen molar-refractivity contribution < 1.29 is 0 Å². The van der Waals surface area contributed by atoms with Gasteiger partial charge in [0.25, 0.3) is 0 Å². The highest BCUT2D eigenvalue weighted by atomic mass is 127. The molecular weight excluding hydrogens is 247 g/mol. The standard InChI is InChI=1S/C10H19I/c1-5-6-8(2)9(3)7-10(4)11/h7-9H,5-6H2,1-4H3/b10-7+/t8-,9-/m0/s1. The van der Waals surface area contributed by atoms with Crippen LogP contribution in [0.5, 0.6) is 0 Å². The molecule has 0 spiro atoms. The van der Waals surface area contributed by atoms with Crippen LogP contribution < -0.4 is 0 Å². The Kier molecular flexibility index (Phi) is 6.30. The summed E-state index contributed by atoms with van der Waals surface area (Å²) in [4.78, 5) is 0. The second-order valence-corrected chi connectivity index (χ2v) is 5.08. The van der Waals surface area contributed by atoms with Crippen molar-refractivity contribution in [2.24, 2.45) is 11.8 Å². The largest absolute Gasteiger partial charge is 0.0724 e. The van der Waals surface area contributed by atoms with Gasteiger partial charge in [0.05, 0.1) is 0 Å². The van der Waals surface area contributed by atoms with Crippen LogP contribution in [0.1, 0.15) is 40.5 Å². The first-order valence-corrected chi connectivity index (χ1v) is 5.49. The summed E-state index contributed by atoms with van der Waals surface area (Å²) in [6, 6.07) is 0. The van der Waals surface area contributed by atoms with Crippen LogP contribution in [-0.2, 0) is 0 Å². The van der Waals surface area contributed by atoms with E-state index in [9.17, 15) is 0 Å². The van der Waals surface area contributed by atoms with E-state index in [0.717, 1.165) is 11.8 Å². The molecule has 0 bridgehead atoms. The van der Waals surface area contributed by atoms with Gasteiger partial charge in [-0.2, -0.15) is 0 Å². The summed E-state index contributed by atoms with van der Waals surface area (Å²) in [7, 11) is 0. The number of allylic oxidation sites excluding steroid dienone is 2. The Morgan fingerprint density at radius 3 is 2.36 bits per heavy atom. The fourth-order valence-electron chi connectivity index (χ4n) is 1.24. The lowest BCUT2D eigenvalue weighted by molar-refractivity contribution is 0.423. The van der Waals surface area contributed by atoms with E-state index in [0.29, 0.717) is 0 Å². The van der Waals surface area contributed by atoms with Gasteiger partial charge in [0.1, 0.15) is 0 Å². The number of halogens is 1. The zero-order chi connectivity index (χ0) is 8.85. The van der Waals surface area contributed by atoms with Gasteiger partial charge in [0.2, 0.25) is 0 Å². The van der Waals surface area contributed by atoms with E-state index in [4.69, 9.17) is 0 Å². The van der Waals surface area contributed by atoms with Gasteiger partial charge in [0.15, 0.2) is 0 Å². The minimum absolute atomic E-state index is 0.742. The zero-order valence-electron chi connectivity index (χ0n) is 8.02. The lowest BCUT2D eigenvalue weighted by Crippen LogP contribution is -2.04. The molecule has 1 heteroatoms. The van der Waals surface area contributed by atoms with Gasteiger partial charge in [-0.15, -0.1) is 0 Å². The molecule has 0 amide bonds. The maximum absolute atomic E-state index is 2.38. The molecule has 0 N–H and O–H groups in total. The maximum atomic E-state index is 2.38. The summed E-state index contributed by atoms with van der Waals surface area (Å²) in [6.07, 6.45) is 5.02. The molecule has 11 heavy (non-hydrogen) atoms. The van der Waals surface area contributed by atoms with E-state index >= 15 is 0 Å². The van der Waals surface area contributed by atoms with E-state index < -0.39 is 0 Å². The van der Waals surface area contributed by atoms with E-state index in [2.05, 4.69) is 56.4 Å². The highest BCUT2D eigenvalue weighted by Crippen LogP contribution is 2.20. The van der Waals surface area contributed by atoms with Gasteiger partial charge >= 0.3 is 0 Å². The fraction of sp³-hybridized carbons (Fsp3) is 0.800. The molecule has 0 radical (unpaired) electrons. The molecule has 0 aromatic rings. The highest BCUT2D eigenvalue weighted by molar-refractivity contribution is 14.1. The van der Waals surface area contributed by atoms with Gasteiger partial charge in [-0.05, 0) is 44.9 Å². The second-order valence-electron chi connectivity index (χ2n) is 3.38. The van der Waals surface area contributed by atoms with Gasteiger partial charge in [-0.25, -0.2) is 0 Å². The minimum Gasteiger partial charge on any atom is -0.0724 e. The third kappa shape index (κ3) is 5.71. The highest BCUT2D eigenvalue weighted by Gasteiger charge is 2.07. The number of hydrogen-bond acceptors (Lipinski definition) is 0. The Morgan fingerprint density at radius 2 is 2.00 bits per heavy atom. The molecule has 0 aliphatic rings. The van der Waals surface area contributed by atoms with Gasteiger partial charge in [-0.1, -0.05) is 39.7 Å². The van der Waals surface area contributed by atoms with Gasteiger partial charge in [0, 0.05) is 0 Å². The van der Waals surface area contributed by atoms with Crippen molar-refractivity contribution in [3.63, 3.8) is 0 Å². The number of rotatable bonds is 4. The zero-order valence-corrected chi connectivity index (χ0v) is 10.2. The molecule has 2 atom stereocenters. The Hall–Kier alpha value is 0.470. The van der Waals surface area contributed by atoms with E-state index in [1.54, 1.807) is 0 Å². The molecular formula is C10H19I. The summed E-state index contributed by atoms with van der Waals surface area (Å²) >= 11 is 2.38. The second kappa shape index (κ2) is 6.04. The van der Waals surface area contributed by atoms with Crippen molar-refractivity contribution in [3.05, 3.63) is 9.66 Å². The average Bonchev–Trinajstić information content (AvgIpc) is 1.86. The van der Waals surface area contributed by atoms with Crippen LogP contribution in [0, 0.1) is 11.8 Å². The minimum atomic E-state index is 0.742. The summed E-state index contributed by atoms with van der Waals surface area (Å²) in [5.41, 5.74) is 0. The van der Waals surface area contributed by atoms with Crippen molar-refractivity contribution in [1.82, 2.24) is 0 Å². The lowest BCUT2D eigenvalue weighted by atomic mass is 9.92. The van der Waals surface area contributed by atoms with Crippen LogP contribution in [0.15, 0.2) is 9.66 Å². The Morgan fingerprint density at radius 1 is 1.45 bits per heavy atom. The SMILES string of the molecule is CCC[C@H](C)[C@@H](C)/C=C(\C)I. The Balaban J connectivity index is 3.82. The first-order chi connectivity index (χ1) is 5.07. The van der Waals surface area contributed by atoms with Crippen LogP contribution in [0.25, 0.3) is 0 Å². The summed E-state index contributed by atoms with van der Waals surface area (Å²) in [6.45, 7) is 9.06. The topological polar surface area (TPSA) is 0 Å². The van der Waals surface area contributed by atoms with Crippen molar-refractivity contribution in [3.8, 4) is 0 Å². The van der Waals surface area contributed by atoms with Crippen molar-refractivity contribution in [2.75, 3.05) is 0 Å². The summed E-state index contributed by atoms with van der Waals surface area (Å²) in [5.74, 6) is 1.58. The lowest BCUT2D eigenvalue weighted by Gasteiger charge is -2.15. The van der Waals surface area contributed by atoms with E-state index in [1.165, 1.54) is 16.4 Å². The molecule has 0 heterocycles. The smallest absolute Gasteiger partial charge is 0.0162 e. The third-order valence-electron chi connectivity index (χ3n) is 2.13. The normalized spacial score (nSPS) is 18.1. The first-order valence-electron chi connectivity index (χ1n) is 4.41. The molecule has 0 aliphatic heterocycles. The molecule has 0 aromatic carbocycles.